The zero-order chi connectivity index (χ0) is 28.2. The van der Waals surface area contributed by atoms with E-state index in [0.717, 1.165) is 16.9 Å². The van der Waals surface area contributed by atoms with Gasteiger partial charge in [-0.05, 0) is 60.5 Å². The number of benzene rings is 4. The molecule has 0 saturated carbocycles. The van der Waals surface area contributed by atoms with Crippen molar-refractivity contribution in [3.63, 3.8) is 0 Å². The number of thioether (sulfide) groups is 1. The highest BCUT2D eigenvalue weighted by Gasteiger charge is 2.34. The van der Waals surface area contributed by atoms with Gasteiger partial charge in [-0.2, -0.15) is 4.98 Å². The molecule has 1 unspecified atom stereocenters. The minimum absolute atomic E-state index is 0.230. The molecule has 1 atom stereocenters. The zero-order valence-electron chi connectivity index (χ0n) is 22.1. The Hall–Kier alpha value is -4.53. The molecule has 9 heteroatoms. The first-order valence-electron chi connectivity index (χ1n) is 13.0. The number of nitrogens with zero attached hydrogens (tertiary/aromatic N) is 3. The van der Waals surface area contributed by atoms with E-state index in [1.54, 1.807) is 4.68 Å². The summed E-state index contributed by atoms with van der Waals surface area (Å²) in [4.78, 5) is 18.5. The molecule has 1 aliphatic heterocycles. The first-order valence-corrected chi connectivity index (χ1v) is 14.4. The summed E-state index contributed by atoms with van der Waals surface area (Å²) in [6, 6.07) is 33.9. The van der Waals surface area contributed by atoms with Gasteiger partial charge in [0.15, 0.2) is 0 Å². The van der Waals surface area contributed by atoms with E-state index >= 15 is 0 Å². The van der Waals surface area contributed by atoms with Crippen molar-refractivity contribution in [2.45, 2.75) is 23.9 Å². The smallest absolute Gasteiger partial charge is 0.255 e. The number of rotatable bonds is 8. The highest BCUT2D eigenvalue weighted by molar-refractivity contribution is 7.98. The molecule has 0 bridgehead atoms. The van der Waals surface area contributed by atoms with Gasteiger partial charge in [-0.1, -0.05) is 90.1 Å². The number of fused-ring (bicyclic) bond motifs is 1. The van der Waals surface area contributed by atoms with Gasteiger partial charge in [-0.3, -0.25) is 4.79 Å². The molecule has 5 aromatic rings. The maximum absolute atomic E-state index is 13.8. The summed E-state index contributed by atoms with van der Waals surface area (Å²) < 4.78 is 7.89. The maximum atomic E-state index is 13.8. The van der Waals surface area contributed by atoms with Gasteiger partial charge in [0.25, 0.3) is 5.91 Å². The van der Waals surface area contributed by atoms with Crippen molar-refractivity contribution in [2.24, 2.45) is 0 Å². The molecule has 1 aliphatic rings. The molecule has 2 N–H and O–H groups in total. The Morgan fingerprint density at radius 1 is 0.951 bits per heavy atom. The molecule has 2 heterocycles. The summed E-state index contributed by atoms with van der Waals surface area (Å²) in [5, 5.41) is 12.5. The second-order valence-corrected chi connectivity index (χ2v) is 10.8. The first-order chi connectivity index (χ1) is 20.0. The van der Waals surface area contributed by atoms with E-state index in [1.165, 1.54) is 11.8 Å². The molecule has 0 aliphatic carbocycles. The van der Waals surface area contributed by atoms with E-state index in [9.17, 15) is 4.79 Å². The standard InChI is InChI=1S/C32H26ClN5O2S/c1-21-28(30(39)35-24-13-4-2-5-14-24)29(22-12-10-17-26(19-22)40-25-15-6-3-7-16-25)38-31(34-21)36-32(37-38)41-20-23-11-8-9-18-27(23)33/h2-19,29H,20H2,1H3,(H,35,39)(H,34,36,37). The molecular formula is C32H26ClN5O2S. The summed E-state index contributed by atoms with van der Waals surface area (Å²) in [5.41, 5.74) is 3.77. The van der Waals surface area contributed by atoms with E-state index in [4.69, 9.17) is 26.4 Å². The van der Waals surface area contributed by atoms with Crippen LogP contribution in [0, 0.1) is 0 Å². The van der Waals surface area contributed by atoms with Crippen LogP contribution in [0.3, 0.4) is 0 Å². The third-order valence-corrected chi connectivity index (χ3v) is 7.83. The number of hydrogen-bond donors (Lipinski definition) is 2. The molecule has 204 valence electrons. The SMILES string of the molecule is CC1=C(C(=O)Nc2ccccc2)C(c2cccc(Oc3ccccc3)c2)n2nc(SCc3ccccc3Cl)nc2N1. The Kier molecular flexibility index (Phi) is 7.75. The average Bonchev–Trinajstić information content (AvgIpc) is 3.39. The number of ether oxygens (including phenoxy) is 1. The Labute approximate surface area is 247 Å². The van der Waals surface area contributed by atoms with Crippen LogP contribution in [0.15, 0.2) is 126 Å². The van der Waals surface area contributed by atoms with Crippen molar-refractivity contribution in [3.05, 3.63) is 137 Å². The quantitative estimate of drug-likeness (QED) is 0.182. The highest BCUT2D eigenvalue weighted by atomic mass is 35.5. The van der Waals surface area contributed by atoms with Crippen molar-refractivity contribution in [1.29, 1.82) is 0 Å². The normalized spacial score (nSPS) is 14.2. The highest BCUT2D eigenvalue weighted by Crippen LogP contribution is 2.38. The third kappa shape index (κ3) is 5.99. The molecule has 41 heavy (non-hydrogen) atoms. The molecule has 7 nitrogen and oxygen atoms in total. The van der Waals surface area contributed by atoms with Gasteiger partial charge in [0, 0.05) is 22.2 Å². The molecule has 1 amide bonds. The number of hydrogen-bond acceptors (Lipinski definition) is 6. The fourth-order valence-corrected chi connectivity index (χ4v) is 5.76. The fraction of sp³-hybridized carbons (Fsp3) is 0.0938. The van der Waals surface area contributed by atoms with E-state index in [2.05, 4.69) is 10.6 Å². The van der Waals surface area contributed by atoms with Crippen molar-refractivity contribution in [1.82, 2.24) is 14.8 Å². The Balaban J connectivity index is 1.36. The third-order valence-electron chi connectivity index (χ3n) is 6.58. The van der Waals surface area contributed by atoms with Crippen LogP contribution in [0.1, 0.15) is 24.1 Å². The maximum Gasteiger partial charge on any atom is 0.255 e. The lowest BCUT2D eigenvalue weighted by atomic mass is 9.95. The number of carbonyl (C=O) groups is 1. The van der Waals surface area contributed by atoms with Crippen LogP contribution >= 0.6 is 23.4 Å². The van der Waals surface area contributed by atoms with Gasteiger partial charge in [0.05, 0.1) is 5.57 Å². The van der Waals surface area contributed by atoms with E-state index in [-0.39, 0.29) is 5.91 Å². The zero-order valence-corrected chi connectivity index (χ0v) is 23.7. The van der Waals surface area contributed by atoms with Gasteiger partial charge >= 0.3 is 0 Å². The van der Waals surface area contributed by atoms with E-state index in [0.29, 0.717) is 44.6 Å². The Bertz CT molecular complexity index is 1720. The lowest BCUT2D eigenvalue weighted by Gasteiger charge is -2.29. The average molecular weight is 580 g/mol. The van der Waals surface area contributed by atoms with Gasteiger partial charge in [0.2, 0.25) is 11.1 Å². The molecule has 0 saturated heterocycles. The topological polar surface area (TPSA) is 81.1 Å². The number of nitrogens with one attached hydrogen (secondary N) is 2. The van der Waals surface area contributed by atoms with E-state index < -0.39 is 6.04 Å². The summed E-state index contributed by atoms with van der Waals surface area (Å²) >= 11 is 7.86. The number of para-hydroxylation sites is 2. The van der Waals surface area contributed by atoms with Crippen LogP contribution in [0.2, 0.25) is 5.02 Å². The van der Waals surface area contributed by atoms with E-state index in [1.807, 2.05) is 116 Å². The van der Waals surface area contributed by atoms with Crippen LogP contribution < -0.4 is 15.4 Å². The summed E-state index contributed by atoms with van der Waals surface area (Å²) in [7, 11) is 0. The van der Waals surface area contributed by atoms with Crippen LogP contribution in [0.25, 0.3) is 0 Å². The van der Waals surface area contributed by atoms with Gasteiger partial charge in [-0.25, -0.2) is 4.68 Å². The van der Waals surface area contributed by atoms with Crippen LogP contribution in [-0.4, -0.2) is 20.7 Å². The van der Waals surface area contributed by atoms with Crippen molar-refractivity contribution >= 4 is 40.9 Å². The largest absolute Gasteiger partial charge is 0.457 e. The number of amides is 1. The molecule has 0 fully saturated rings. The Morgan fingerprint density at radius 3 is 2.44 bits per heavy atom. The lowest BCUT2D eigenvalue weighted by Crippen LogP contribution is -2.31. The predicted octanol–water partition coefficient (Wildman–Crippen LogP) is 7.94. The second kappa shape index (κ2) is 11.9. The number of carbonyl (C=O) groups excluding carboxylic acids is 1. The van der Waals surface area contributed by atoms with Gasteiger partial charge in [0.1, 0.15) is 17.5 Å². The number of aromatic nitrogens is 3. The first kappa shape index (κ1) is 26.7. The lowest BCUT2D eigenvalue weighted by molar-refractivity contribution is -0.113. The van der Waals surface area contributed by atoms with Crippen molar-refractivity contribution in [2.75, 3.05) is 10.6 Å². The molecular weight excluding hydrogens is 554 g/mol. The molecule has 4 aromatic carbocycles. The number of allylic oxidation sites excluding steroid dienone is 1. The van der Waals surface area contributed by atoms with Crippen LogP contribution in [0.4, 0.5) is 11.6 Å². The van der Waals surface area contributed by atoms with Crippen molar-refractivity contribution in [3.8, 4) is 11.5 Å². The molecule has 6 rings (SSSR count). The number of halogens is 1. The summed E-state index contributed by atoms with van der Waals surface area (Å²) in [6.07, 6.45) is 0. The molecule has 1 aromatic heterocycles. The molecule has 0 radical (unpaired) electrons. The molecule has 0 spiro atoms. The van der Waals surface area contributed by atoms with Crippen LogP contribution in [0.5, 0.6) is 11.5 Å². The predicted molar refractivity (Wildman–Crippen MR) is 164 cm³/mol. The van der Waals surface area contributed by atoms with Crippen molar-refractivity contribution < 1.29 is 9.53 Å². The monoisotopic (exact) mass is 579 g/mol. The number of anilines is 2. The second-order valence-electron chi connectivity index (χ2n) is 9.42. The van der Waals surface area contributed by atoms with Gasteiger partial charge < -0.3 is 15.4 Å². The minimum atomic E-state index is -0.545. The fourth-order valence-electron chi connectivity index (χ4n) is 4.65. The van der Waals surface area contributed by atoms with Crippen LogP contribution in [-0.2, 0) is 10.5 Å². The summed E-state index contributed by atoms with van der Waals surface area (Å²) in [6.45, 7) is 1.88. The van der Waals surface area contributed by atoms with Gasteiger partial charge in [-0.15, -0.1) is 5.10 Å². The summed E-state index contributed by atoms with van der Waals surface area (Å²) in [5.74, 6) is 2.32. The Morgan fingerprint density at radius 2 is 1.66 bits per heavy atom. The minimum Gasteiger partial charge on any atom is -0.457 e.